The molecule has 0 aliphatic rings. The number of carbonyl (C=O) groups excluding carboxylic acids is 1. The van der Waals surface area contributed by atoms with Crippen LogP contribution in [-0.2, 0) is 11.2 Å². The number of aromatic nitrogens is 3. The van der Waals surface area contributed by atoms with Crippen molar-refractivity contribution < 1.29 is 4.79 Å². The van der Waals surface area contributed by atoms with Crippen molar-refractivity contribution >= 4 is 28.0 Å². The number of carbonyl (C=O) groups is 1. The summed E-state index contributed by atoms with van der Waals surface area (Å²) in [6.07, 6.45) is 6.13. The normalized spacial score (nSPS) is 11.2. The van der Waals surface area contributed by atoms with Crippen molar-refractivity contribution in [3.05, 3.63) is 60.7 Å². The van der Waals surface area contributed by atoms with E-state index in [-0.39, 0.29) is 12.3 Å². The smallest absolute Gasteiger partial charge is 0.225 e. The summed E-state index contributed by atoms with van der Waals surface area (Å²) in [5, 5.41) is 6.92. The van der Waals surface area contributed by atoms with Crippen LogP contribution >= 0.6 is 11.3 Å². The third-order valence-electron chi connectivity index (χ3n) is 4.51. The highest BCUT2D eigenvalue weighted by atomic mass is 32.1. The quantitative estimate of drug-likeness (QED) is 0.503. The number of imidazole rings is 1. The lowest BCUT2D eigenvalue weighted by Gasteiger charge is -2.08. The van der Waals surface area contributed by atoms with E-state index < -0.39 is 0 Å². The Hall–Kier alpha value is -3.19. The lowest BCUT2D eigenvalue weighted by Crippen LogP contribution is -2.20. The number of hydrogen-bond acceptors (Lipinski definition) is 5. The average molecular weight is 406 g/mol. The van der Waals surface area contributed by atoms with E-state index in [9.17, 15) is 4.79 Å². The van der Waals surface area contributed by atoms with E-state index in [1.54, 1.807) is 18.4 Å². The minimum Gasteiger partial charge on any atom is -0.359 e. The average Bonchev–Trinajstić information content (AvgIpc) is 3.33. The highest BCUT2D eigenvalue weighted by molar-refractivity contribution is 7.18. The van der Waals surface area contributed by atoms with Gasteiger partial charge in [0.25, 0.3) is 0 Å². The second-order valence-electron chi connectivity index (χ2n) is 7.15. The molecule has 1 amide bonds. The van der Waals surface area contributed by atoms with Crippen LogP contribution in [0, 0.1) is 0 Å². The van der Waals surface area contributed by atoms with Gasteiger partial charge in [0.05, 0.1) is 17.0 Å². The maximum absolute atomic E-state index is 11.8. The predicted octanol–water partition coefficient (Wildman–Crippen LogP) is 4.23. The summed E-state index contributed by atoms with van der Waals surface area (Å²) in [6.45, 7) is 4.19. The van der Waals surface area contributed by atoms with E-state index >= 15 is 0 Å². The van der Waals surface area contributed by atoms with Gasteiger partial charge in [-0.25, -0.2) is 9.97 Å². The zero-order chi connectivity index (χ0) is 20.4. The highest BCUT2D eigenvalue weighted by Gasteiger charge is 2.14. The van der Waals surface area contributed by atoms with E-state index in [0.29, 0.717) is 6.04 Å². The fourth-order valence-corrected chi connectivity index (χ4v) is 4.12. The number of pyridine rings is 1. The maximum Gasteiger partial charge on any atom is 0.225 e. The Kier molecular flexibility index (Phi) is 5.31. The fraction of sp³-hybridized carbons (Fsp3) is 0.227. The van der Waals surface area contributed by atoms with Gasteiger partial charge in [0.15, 0.2) is 5.13 Å². The molecule has 0 saturated carbocycles. The number of thiazole rings is 1. The molecular formula is C22H23N5OS. The van der Waals surface area contributed by atoms with E-state index in [1.165, 1.54) is 0 Å². The molecule has 29 heavy (non-hydrogen) atoms. The van der Waals surface area contributed by atoms with Gasteiger partial charge in [-0.15, -0.1) is 0 Å². The summed E-state index contributed by atoms with van der Waals surface area (Å²) in [5.74, 6) is -0.0539. The van der Waals surface area contributed by atoms with E-state index in [4.69, 9.17) is 4.98 Å². The van der Waals surface area contributed by atoms with Crippen molar-refractivity contribution in [2.45, 2.75) is 26.3 Å². The summed E-state index contributed by atoms with van der Waals surface area (Å²) in [7, 11) is 1.64. The molecule has 0 spiro atoms. The fourth-order valence-electron chi connectivity index (χ4n) is 3.17. The van der Waals surface area contributed by atoms with Crippen molar-refractivity contribution in [2.24, 2.45) is 0 Å². The first-order valence-electron chi connectivity index (χ1n) is 9.54. The molecule has 0 atom stereocenters. The monoisotopic (exact) mass is 405 g/mol. The maximum atomic E-state index is 11.8. The summed E-state index contributed by atoms with van der Waals surface area (Å²) in [6, 6.07) is 12.7. The van der Waals surface area contributed by atoms with Crippen LogP contribution in [0.2, 0.25) is 0 Å². The molecule has 7 heteroatoms. The molecule has 6 nitrogen and oxygen atoms in total. The number of amides is 1. The molecule has 0 saturated heterocycles. The number of nitrogens with zero attached hydrogens (tertiary/aromatic N) is 3. The van der Waals surface area contributed by atoms with Crippen LogP contribution in [0.3, 0.4) is 0 Å². The van der Waals surface area contributed by atoms with Gasteiger partial charge in [-0.2, -0.15) is 0 Å². The van der Waals surface area contributed by atoms with E-state index in [2.05, 4.69) is 53.9 Å². The molecule has 1 aromatic carbocycles. The van der Waals surface area contributed by atoms with Crippen LogP contribution in [0.4, 0.5) is 5.13 Å². The van der Waals surface area contributed by atoms with Crippen molar-refractivity contribution in [3.63, 3.8) is 0 Å². The molecule has 2 N–H and O–H groups in total. The molecule has 148 valence electrons. The number of likely N-dealkylation sites (N-methyl/N-ethyl adjacent to an activating group) is 1. The zero-order valence-electron chi connectivity index (χ0n) is 16.6. The van der Waals surface area contributed by atoms with Crippen LogP contribution in [0.1, 0.15) is 19.5 Å². The van der Waals surface area contributed by atoms with Gasteiger partial charge in [-0.3, -0.25) is 4.79 Å². The van der Waals surface area contributed by atoms with Gasteiger partial charge < -0.3 is 15.0 Å². The molecule has 0 aliphatic heterocycles. The molecule has 3 aromatic heterocycles. The Labute approximate surface area is 173 Å². The van der Waals surface area contributed by atoms with E-state index in [1.807, 2.05) is 35.0 Å². The summed E-state index contributed by atoms with van der Waals surface area (Å²) < 4.78 is 2.01. The van der Waals surface area contributed by atoms with Gasteiger partial charge >= 0.3 is 0 Å². The number of hydrogen-bond donors (Lipinski definition) is 2. The molecule has 0 aliphatic carbocycles. The van der Waals surface area contributed by atoms with Crippen LogP contribution in [0.5, 0.6) is 0 Å². The Morgan fingerprint density at radius 3 is 2.69 bits per heavy atom. The van der Waals surface area contributed by atoms with Crippen LogP contribution < -0.4 is 10.6 Å². The Bertz CT molecular complexity index is 1150. The van der Waals surface area contributed by atoms with Crippen LogP contribution in [0.25, 0.3) is 27.2 Å². The number of benzene rings is 1. The largest absolute Gasteiger partial charge is 0.359 e. The van der Waals surface area contributed by atoms with Gasteiger partial charge in [0.2, 0.25) is 5.91 Å². The molecule has 0 unspecified atom stereocenters. The molecular weight excluding hydrogens is 382 g/mol. The Balaban J connectivity index is 1.83. The third-order valence-corrected chi connectivity index (χ3v) is 5.49. The summed E-state index contributed by atoms with van der Waals surface area (Å²) >= 11 is 1.63. The first-order valence-corrected chi connectivity index (χ1v) is 10.4. The molecule has 4 aromatic rings. The standard InChI is InChI=1S/C22H23N5OS/c1-14(2)25-22-24-11-19(29-22)16-9-18(15-7-5-4-6-8-15)21-26-17(10-20(28)23-3)13-27(21)12-16/h4-9,11-14H,10H2,1-3H3,(H,23,28)(H,24,25). The van der Waals surface area contributed by atoms with Crippen molar-refractivity contribution in [1.82, 2.24) is 19.7 Å². The third kappa shape index (κ3) is 4.14. The number of rotatable bonds is 6. The van der Waals surface area contributed by atoms with Gasteiger partial charge in [-0.1, -0.05) is 41.7 Å². The molecule has 3 heterocycles. The van der Waals surface area contributed by atoms with Crippen molar-refractivity contribution in [2.75, 3.05) is 12.4 Å². The molecule has 0 radical (unpaired) electrons. The number of fused-ring (bicyclic) bond motifs is 1. The highest BCUT2D eigenvalue weighted by Crippen LogP contribution is 2.34. The van der Waals surface area contributed by atoms with Crippen molar-refractivity contribution in [1.29, 1.82) is 0 Å². The SMILES string of the molecule is CNC(=O)Cc1cn2cc(-c3cnc(NC(C)C)s3)cc(-c3ccccc3)c2n1. The molecule has 0 fully saturated rings. The molecule has 0 bridgehead atoms. The van der Waals surface area contributed by atoms with Crippen LogP contribution in [-0.4, -0.2) is 33.4 Å². The molecule has 4 rings (SSSR count). The number of nitrogens with one attached hydrogen (secondary N) is 2. The lowest BCUT2D eigenvalue weighted by molar-refractivity contribution is -0.120. The minimum absolute atomic E-state index is 0.0539. The second-order valence-corrected chi connectivity index (χ2v) is 8.18. The topological polar surface area (TPSA) is 71.3 Å². The summed E-state index contributed by atoms with van der Waals surface area (Å²) in [4.78, 5) is 22.1. The first kappa shape index (κ1) is 19.1. The minimum atomic E-state index is -0.0539. The van der Waals surface area contributed by atoms with E-state index in [0.717, 1.165) is 38.0 Å². The Morgan fingerprint density at radius 2 is 1.97 bits per heavy atom. The zero-order valence-corrected chi connectivity index (χ0v) is 17.5. The van der Waals surface area contributed by atoms with Gasteiger partial charge in [0.1, 0.15) is 5.65 Å². The Morgan fingerprint density at radius 1 is 1.17 bits per heavy atom. The van der Waals surface area contributed by atoms with Crippen molar-refractivity contribution in [3.8, 4) is 21.6 Å². The number of anilines is 1. The van der Waals surface area contributed by atoms with Crippen LogP contribution in [0.15, 0.2) is 55.0 Å². The lowest BCUT2D eigenvalue weighted by atomic mass is 10.0. The van der Waals surface area contributed by atoms with Gasteiger partial charge in [-0.05, 0) is 25.5 Å². The summed E-state index contributed by atoms with van der Waals surface area (Å²) in [5.41, 5.74) is 4.75. The second kappa shape index (κ2) is 8.05. The first-order chi connectivity index (χ1) is 14.0. The predicted molar refractivity (Wildman–Crippen MR) is 118 cm³/mol. The van der Waals surface area contributed by atoms with Gasteiger partial charge in [0, 0.05) is 42.8 Å².